The Balaban J connectivity index is 4.45. The summed E-state index contributed by atoms with van der Waals surface area (Å²) in [5.74, 6) is -0.892. The maximum absolute atomic E-state index is 12.1. The quantitative estimate of drug-likeness (QED) is 0.709. The van der Waals surface area contributed by atoms with Crippen LogP contribution in [0.5, 0.6) is 0 Å². The predicted octanol–water partition coefficient (Wildman–Crippen LogP) is 1.47. The van der Waals surface area contributed by atoms with E-state index >= 15 is 0 Å². The monoisotopic (exact) mass is 287 g/mol. The normalized spacial score (nSPS) is 13.2. The Bertz CT molecular complexity index is 330. The van der Waals surface area contributed by atoms with E-state index in [2.05, 4.69) is 24.1 Å². The summed E-state index contributed by atoms with van der Waals surface area (Å²) in [6.45, 7) is 9.69. The van der Waals surface area contributed by atoms with Crippen LogP contribution in [0.25, 0.3) is 0 Å². The van der Waals surface area contributed by atoms with Gasteiger partial charge in [0, 0.05) is 25.7 Å². The molecule has 1 atom stereocenters. The molecule has 0 radical (unpaired) electrons. The lowest BCUT2D eigenvalue weighted by Crippen LogP contribution is -2.49. The minimum atomic E-state index is -0.892. The van der Waals surface area contributed by atoms with Crippen molar-refractivity contribution in [2.75, 3.05) is 33.7 Å². The smallest absolute Gasteiger partial charge is 0.317 e. The molecule has 0 aliphatic carbocycles. The number of nitrogens with one attached hydrogen (secondary N) is 1. The molecule has 0 aliphatic heterocycles. The third kappa shape index (κ3) is 7.33. The van der Waals surface area contributed by atoms with Crippen LogP contribution in [-0.2, 0) is 4.79 Å². The summed E-state index contributed by atoms with van der Waals surface area (Å²) in [5, 5.41) is 11.7. The van der Waals surface area contributed by atoms with Gasteiger partial charge in [0.05, 0.1) is 6.42 Å². The highest BCUT2D eigenvalue weighted by molar-refractivity contribution is 5.75. The van der Waals surface area contributed by atoms with Crippen molar-refractivity contribution in [2.24, 2.45) is 5.41 Å². The fourth-order valence-electron chi connectivity index (χ4n) is 2.35. The Kier molecular flexibility index (Phi) is 7.57. The lowest BCUT2D eigenvalue weighted by molar-refractivity contribution is -0.138. The van der Waals surface area contributed by atoms with Crippen molar-refractivity contribution >= 4 is 12.0 Å². The van der Waals surface area contributed by atoms with Gasteiger partial charge in [-0.2, -0.15) is 0 Å². The van der Waals surface area contributed by atoms with Crippen LogP contribution in [-0.4, -0.2) is 66.7 Å². The van der Waals surface area contributed by atoms with Gasteiger partial charge in [-0.15, -0.1) is 0 Å². The Morgan fingerprint density at radius 2 is 1.85 bits per heavy atom. The molecule has 20 heavy (non-hydrogen) atoms. The Hall–Kier alpha value is -1.30. The standard InChI is InChI=1S/C14H29N3O3/c1-7-17(11(2)8-12(18)19)13(20)15-9-14(3,4)10-16(5)6/h11H,7-10H2,1-6H3,(H,15,20)(H,18,19). The first-order valence-electron chi connectivity index (χ1n) is 7.00. The third-order valence-electron chi connectivity index (χ3n) is 3.07. The molecular formula is C14H29N3O3. The molecule has 0 bridgehead atoms. The van der Waals surface area contributed by atoms with E-state index < -0.39 is 5.97 Å². The summed E-state index contributed by atoms with van der Waals surface area (Å²) in [6.07, 6.45) is -0.0393. The lowest BCUT2D eigenvalue weighted by atomic mass is 9.93. The highest BCUT2D eigenvalue weighted by atomic mass is 16.4. The Labute approximate surface area is 122 Å². The lowest BCUT2D eigenvalue weighted by Gasteiger charge is -2.32. The zero-order valence-electron chi connectivity index (χ0n) is 13.6. The van der Waals surface area contributed by atoms with Crippen LogP contribution < -0.4 is 5.32 Å². The van der Waals surface area contributed by atoms with Crippen LogP contribution in [0, 0.1) is 5.41 Å². The van der Waals surface area contributed by atoms with E-state index in [1.807, 2.05) is 21.0 Å². The number of rotatable bonds is 8. The fourth-order valence-corrected chi connectivity index (χ4v) is 2.35. The summed E-state index contributed by atoms with van der Waals surface area (Å²) >= 11 is 0. The number of hydrogen-bond donors (Lipinski definition) is 2. The molecule has 0 heterocycles. The van der Waals surface area contributed by atoms with Gasteiger partial charge < -0.3 is 20.2 Å². The number of aliphatic carboxylic acids is 1. The minimum absolute atomic E-state index is 0.0331. The van der Waals surface area contributed by atoms with Gasteiger partial charge >= 0.3 is 12.0 Å². The number of carbonyl (C=O) groups excluding carboxylic acids is 1. The van der Waals surface area contributed by atoms with Gasteiger partial charge in [-0.25, -0.2) is 4.79 Å². The van der Waals surface area contributed by atoms with E-state index in [9.17, 15) is 9.59 Å². The second kappa shape index (κ2) is 8.09. The molecule has 0 saturated heterocycles. The zero-order chi connectivity index (χ0) is 15.9. The summed E-state index contributed by atoms with van der Waals surface area (Å²) in [6, 6.07) is -0.512. The molecule has 6 heteroatoms. The number of nitrogens with zero attached hydrogens (tertiary/aromatic N) is 2. The van der Waals surface area contributed by atoms with E-state index in [1.54, 1.807) is 11.8 Å². The molecule has 0 spiro atoms. The molecule has 0 rings (SSSR count). The zero-order valence-corrected chi connectivity index (χ0v) is 13.6. The molecular weight excluding hydrogens is 258 g/mol. The molecule has 0 aromatic carbocycles. The largest absolute Gasteiger partial charge is 0.481 e. The van der Waals surface area contributed by atoms with Crippen molar-refractivity contribution in [1.29, 1.82) is 0 Å². The first kappa shape index (κ1) is 18.7. The van der Waals surface area contributed by atoms with E-state index in [0.717, 1.165) is 6.54 Å². The molecule has 2 N–H and O–H groups in total. The summed E-state index contributed by atoms with van der Waals surface area (Å²) in [4.78, 5) is 26.5. The number of urea groups is 1. The molecule has 0 aromatic heterocycles. The summed E-state index contributed by atoms with van der Waals surface area (Å²) < 4.78 is 0. The molecule has 0 saturated carbocycles. The van der Waals surface area contributed by atoms with Crippen LogP contribution in [0.3, 0.4) is 0 Å². The van der Waals surface area contributed by atoms with Gasteiger partial charge in [0.15, 0.2) is 0 Å². The summed E-state index contributed by atoms with van der Waals surface area (Å²) in [5.41, 5.74) is -0.0331. The van der Waals surface area contributed by atoms with Crippen LogP contribution in [0.2, 0.25) is 0 Å². The third-order valence-corrected chi connectivity index (χ3v) is 3.07. The highest BCUT2D eigenvalue weighted by Crippen LogP contribution is 2.14. The molecule has 0 aliphatic rings. The Morgan fingerprint density at radius 3 is 2.25 bits per heavy atom. The van der Waals surface area contributed by atoms with Crippen LogP contribution in [0.4, 0.5) is 4.79 Å². The predicted molar refractivity (Wildman–Crippen MR) is 79.8 cm³/mol. The van der Waals surface area contributed by atoms with Gasteiger partial charge in [0.1, 0.15) is 0 Å². The van der Waals surface area contributed by atoms with Crippen LogP contribution >= 0.6 is 0 Å². The molecule has 2 amide bonds. The number of carbonyl (C=O) groups is 2. The second-order valence-electron chi connectivity index (χ2n) is 6.29. The van der Waals surface area contributed by atoms with Gasteiger partial charge in [-0.05, 0) is 33.4 Å². The first-order chi connectivity index (χ1) is 9.09. The van der Waals surface area contributed by atoms with Gasteiger partial charge in [-0.3, -0.25) is 4.79 Å². The molecule has 6 nitrogen and oxygen atoms in total. The van der Waals surface area contributed by atoms with E-state index in [4.69, 9.17) is 5.11 Å². The minimum Gasteiger partial charge on any atom is -0.481 e. The Morgan fingerprint density at radius 1 is 1.30 bits per heavy atom. The van der Waals surface area contributed by atoms with Crippen LogP contribution in [0.15, 0.2) is 0 Å². The van der Waals surface area contributed by atoms with Crippen molar-refractivity contribution < 1.29 is 14.7 Å². The maximum atomic E-state index is 12.1. The van der Waals surface area contributed by atoms with Crippen molar-refractivity contribution in [3.8, 4) is 0 Å². The average Bonchev–Trinajstić information content (AvgIpc) is 2.24. The fraction of sp³-hybridized carbons (Fsp3) is 0.857. The van der Waals surface area contributed by atoms with E-state index in [1.165, 1.54) is 0 Å². The van der Waals surface area contributed by atoms with Gasteiger partial charge in [-0.1, -0.05) is 13.8 Å². The summed E-state index contributed by atoms with van der Waals surface area (Å²) in [7, 11) is 3.99. The highest BCUT2D eigenvalue weighted by Gasteiger charge is 2.24. The average molecular weight is 287 g/mol. The molecule has 0 fully saturated rings. The topological polar surface area (TPSA) is 72.9 Å². The number of amides is 2. The van der Waals surface area contributed by atoms with Crippen molar-refractivity contribution in [3.63, 3.8) is 0 Å². The van der Waals surface area contributed by atoms with Gasteiger partial charge in [0.25, 0.3) is 0 Å². The number of carboxylic acids is 1. The van der Waals surface area contributed by atoms with Crippen LogP contribution in [0.1, 0.15) is 34.1 Å². The first-order valence-corrected chi connectivity index (χ1v) is 7.00. The SMILES string of the molecule is CCN(C(=O)NCC(C)(C)CN(C)C)C(C)CC(=O)O. The molecule has 118 valence electrons. The van der Waals surface area contributed by atoms with Crippen molar-refractivity contribution in [2.45, 2.75) is 40.2 Å². The maximum Gasteiger partial charge on any atom is 0.317 e. The molecule has 0 aromatic rings. The van der Waals surface area contributed by atoms with Gasteiger partial charge in [0.2, 0.25) is 0 Å². The van der Waals surface area contributed by atoms with Crippen molar-refractivity contribution in [1.82, 2.24) is 15.1 Å². The van der Waals surface area contributed by atoms with E-state index in [-0.39, 0.29) is 23.9 Å². The molecule has 1 unspecified atom stereocenters. The second-order valence-corrected chi connectivity index (χ2v) is 6.29. The number of hydrogen-bond acceptors (Lipinski definition) is 3. The van der Waals surface area contributed by atoms with Crippen molar-refractivity contribution in [3.05, 3.63) is 0 Å². The number of carboxylic acid groups (broad SMARTS) is 1. The van der Waals surface area contributed by atoms with E-state index in [0.29, 0.717) is 13.1 Å².